The van der Waals surface area contributed by atoms with E-state index in [1.165, 1.54) is 0 Å². The van der Waals surface area contributed by atoms with Crippen LogP contribution in [0.2, 0.25) is 0 Å². The van der Waals surface area contributed by atoms with Crippen LogP contribution in [0.5, 0.6) is 0 Å². The maximum absolute atomic E-state index is 9.28. The van der Waals surface area contributed by atoms with E-state index in [1.807, 2.05) is 6.92 Å². The number of nitriles is 4. The maximum atomic E-state index is 9.28. The number of hydrogen-bond acceptors (Lipinski definition) is 8. The summed E-state index contributed by atoms with van der Waals surface area (Å²) in [7, 11) is 0. The van der Waals surface area contributed by atoms with Gasteiger partial charge in [-0.2, -0.15) is 41.5 Å². The molecule has 0 radical (unpaired) electrons. The van der Waals surface area contributed by atoms with Gasteiger partial charge in [0.15, 0.2) is 22.2 Å². The molecule has 0 aliphatic rings. The van der Waals surface area contributed by atoms with Gasteiger partial charge in [-0.1, -0.05) is 66.2 Å². The van der Waals surface area contributed by atoms with Crippen LogP contribution in [0, 0.1) is 45.3 Å². The Kier molecular flexibility index (Phi) is 18.9. The summed E-state index contributed by atoms with van der Waals surface area (Å²) in [5.41, 5.74) is -3.18. The third kappa shape index (κ3) is 16.5. The Hall–Kier alpha value is -2.84. The molecule has 4 atom stereocenters. The van der Waals surface area contributed by atoms with Gasteiger partial charge in [0.25, 0.3) is 0 Å². The lowest BCUT2D eigenvalue weighted by Gasteiger charge is -2.19. The Morgan fingerprint density at radius 2 is 0.676 bits per heavy atom. The first-order valence-corrected chi connectivity index (χ1v) is 13.9. The Morgan fingerprint density at radius 1 is 0.432 bits per heavy atom. The van der Waals surface area contributed by atoms with Crippen molar-refractivity contribution >= 4 is 0 Å². The van der Waals surface area contributed by atoms with Gasteiger partial charge in [0.1, 0.15) is 0 Å². The minimum Gasteiger partial charge on any atom is -0.196 e. The zero-order valence-corrected chi connectivity index (χ0v) is 24.8. The van der Waals surface area contributed by atoms with Gasteiger partial charge in [0, 0.05) is 0 Å². The molecule has 0 saturated carbocycles. The van der Waals surface area contributed by atoms with Crippen molar-refractivity contribution in [3.8, 4) is 24.3 Å². The molecular formula is C29H50N8. The standard InChI is InChI=1S/C16H28N4.C13H22N4/c1-5-7-9-11-15(3,13-17)19-20-16(4,14-18)12-10-8-6-2;1-5-7-8-9-13(4,11-15)17-16-12(3,6-2)10-14/h5-12H2,1-4H3;5-9H2,1-4H3. The molecule has 0 aromatic carbocycles. The Labute approximate surface area is 226 Å². The van der Waals surface area contributed by atoms with E-state index < -0.39 is 22.2 Å². The van der Waals surface area contributed by atoms with Crippen molar-refractivity contribution in [2.45, 2.75) is 161 Å². The van der Waals surface area contributed by atoms with Gasteiger partial charge in [-0.25, -0.2) is 0 Å². The van der Waals surface area contributed by atoms with E-state index in [9.17, 15) is 10.5 Å². The van der Waals surface area contributed by atoms with Crippen molar-refractivity contribution in [1.29, 1.82) is 21.0 Å². The van der Waals surface area contributed by atoms with E-state index in [1.54, 1.807) is 27.7 Å². The summed E-state index contributed by atoms with van der Waals surface area (Å²) in [5.74, 6) is 0. The van der Waals surface area contributed by atoms with Crippen LogP contribution in [0.25, 0.3) is 0 Å². The van der Waals surface area contributed by atoms with Crippen molar-refractivity contribution in [2.75, 3.05) is 0 Å². The Bertz CT molecular complexity index is 819. The van der Waals surface area contributed by atoms with Crippen LogP contribution in [0.1, 0.15) is 139 Å². The summed E-state index contributed by atoms with van der Waals surface area (Å²) in [6.07, 6.45) is 12.3. The molecule has 0 rings (SSSR count). The summed E-state index contributed by atoms with van der Waals surface area (Å²) < 4.78 is 0. The predicted molar refractivity (Wildman–Crippen MR) is 149 cm³/mol. The molecule has 0 spiro atoms. The summed E-state index contributed by atoms with van der Waals surface area (Å²) in [4.78, 5) is 0. The first kappa shape index (κ1) is 36.3. The molecule has 0 bridgehead atoms. The van der Waals surface area contributed by atoms with Gasteiger partial charge in [0.05, 0.1) is 24.3 Å². The number of azo groups is 2. The van der Waals surface area contributed by atoms with Crippen molar-refractivity contribution in [3.05, 3.63) is 0 Å². The molecule has 0 aromatic heterocycles. The molecule has 8 nitrogen and oxygen atoms in total. The minimum atomic E-state index is -0.803. The number of nitrogens with zero attached hydrogens (tertiary/aromatic N) is 8. The first-order valence-electron chi connectivity index (χ1n) is 13.9. The second kappa shape index (κ2) is 19.3. The fourth-order valence-corrected chi connectivity index (χ4v) is 3.16. The average molecular weight is 511 g/mol. The van der Waals surface area contributed by atoms with Crippen molar-refractivity contribution < 1.29 is 0 Å². The highest BCUT2D eigenvalue weighted by Gasteiger charge is 2.28. The van der Waals surface area contributed by atoms with Gasteiger partial charge in [-0.15, -0.1) is 0 Å². The van der Waals surface area contributed by atoms with Crippen LogP contribution in [-0.4, -0.2) is 22.2 Å². The molecule has 0 heterocycles. The van der Waals surface area contributed by atoms with E-state index in [0.29, 0.717) is 25.7 Å². The molecule has 0 aliphatic heterocycles. The zero-order chi connectivity index (χ0) is 28.8. The fourth-order valence-electron chi connectivity index (χ4n) is 3.16. The summed E-state index contributed by atoms with van der Waals surface area (Å²) in [5, 5.41) is 53.3. The molecule has 8 heteroatoms. The van der Waals surface area contributed by atoms with Crippen molar-refractivity contribution in [3.63, 3.8) is 0 Å². The second-order valence-corrected chi connectivity index (χ2v) is 10.7. The average Bonchev–Trinajstić information content (AvgIpc) is 2.91. The number of unbranched alkanes of at least 4 members (excludes halogenated alkanes) is 6. The van der Waals surface area contributed by atoms with Crippen LogP contribution in [0.15, 0.2) is 20.5 Å². The molecule has 0 saturated heterocycles. The smallest absolute Gasteiger partial charge is 0.164 e. The van der Waals surface area contributed by atoms with Gasteiger partial charge >= 0.3 is 0 Å². The fraction of sp³-hybridized carbons (Fsp3) is 0.862. The van der Waals surface area contributed by atoms with Crippen LogP contribution >= 0.6 is 0 Å². The van der Waals surface area contributed by atoms with Crippen LogP contribution in [0.4, 0.5) is 0 Å². The largest absolute Gasteiger partial charge is 0.196 e. The van der Waals surface area contributed by atoms with E-state index >= 15 is 0 Å². The first-order chi connectivity index (χ1) is 17.4. The van der Waals surface area contributed by atoms with Crippen LogP contribution in [-0.2, 0) is 0 Å². The normalized spacial score (nSPS) is 17.5. The van der Waals surface area contributed by atoms with Crippen molar-refractivity contribution in [2.24, 2.45) is 20.5 Å². The highest BCUT2D eigenvalue weighted by Crippen LogP contribution is 2.25. The minimum absolute atomic E-state index is 0.601. The lowest BCUT2D eigenvalue weighted by molar-refractivity contribution is 0.428. The highest BCUT2D eigenvalue weighted by molar-refractivity contribution is 5.08. The molecule has 37 heavy (non-hydrogen) atoms. The Balaban J connectivity index is 0. The zero-order valence-electron chi connectivity index (χ0n) is 24.8. The molecule has 0 N–H and O–H groups in total. The van der Waals surface area contributed by atoms with E-state index in [-0.39, 0.29) is 0 Å². The Morgan fingerprint density at radius 3 is 0.865 bits per heavy atom. The van der Waals surface area contributed by atoms with Gasteiger partial charge in [-0.3, -0.25) is 0 Å². The summed E-state index contributed by atoms with van der Waals surface area (Å²) in [6.45, 7) is 15.4. The molecule has 0 fully saturated rings. The topological polar surface area (TPSA) is 145 Å². The molecular weight excluding hydrogens is 460 g/mol. The van der Waals surface area contributed by atoms with Crippen LogP contribution in [0.3, 0.4) is 0 Å². The van der Waals surface area contributed by atoms with E-state index in [0.717, 1.165) is 57.8 Å². The summed E-state index contributed by atoms with van der Waals surface area (Å²) >= 11 is 0. The van der Waals surface area contributed by atoms with Crippen LogP contribution < -0.4 is 0 Å². The lowest BCUT2D eigenvalue weighted by atomic mass is 9.96. The third-order valence-electron chi connectivity index (χ3n) is 6.44. The third-order valence-corrected chi connectivity index (χ3v) is 6.44. The molecule has 0 aromatic rings. The van der Waals surface area contributed by atoms with Gasteiger partial charge in [0.2, 0.25) is 0 Å². The highest BCUT2D eigenvalue weighted by atomic mass is 15.2. The molecule has 4 unspecified atom stereocenters. The SMILES string of the molecule is CCCCCC(C)(C#N)N=NC(C)(C#N)CC.CCCCCC(C)(C#N)N=NC(C)(C#N)CCCCC. The second-order valence-electron chi connectivity index (χ2n) is 10.7. The predicted octanol–water partition coefficient (Wildman–Crippen LogP) is 9.16. The van der Waals surface area contributed by atoms with Gasteiger partial charge in [-0.05, 0) is 72.6 Å². The number of hydrogen-bond donors (Lipinski definition) is 0. The maximum Gasteiger partial charge on any atom is 0.164 e. The lowest BCUT2D eigenvalue weighted by Crippen LogP contribution is -2.23. The van der Waals surface area contributed by atoms with E-state index in [2.05, 4.69) is 65.5 Å². The number of rotatable bonds is 17. The quantitative estimate of drug-likeness (QED) is 0.142. The molecule has 0 aliphatic carbocycles. The molecule has 206 valence electrons. The van der Waals surface area contributed by atoms with E-state index in [4.69, 9.17) is 10.5 Å². The van der Waals surface area contributed by atoms with Crippen molar-refractivity contribution in [1.82, 2.24) is 0 Å². The van der Waals surface area contributed by atoms with Gasteiger partial charge < -0.3 is 0 Å². The summed E-state index contributed by atoms with van der Waals surface area (Å²) in [6, 6.07) is 8.77. The molecule has 0 amide bonds. The monoisotopic (exact) mass is 510 g/mol.